The minimum atomic E-state index is -0.311. The van der Waals surface area contributed by atoms with Crippen LogP contribution in [0.25, 0.3) is 0 Å². The minimum absolute atomic E-state index is 0.0284. The smallest absolute Gasteiger partial charge is 0.274 e. The van der Waals surface area contributed by atoms with Crippen molar-refractivity contribution in [3.8, 4) is 0 Å². The first-order chi connectivity index (χ1) is 12.9. The molecule has 2 aromatic rings. The summed E-state index contributed by atoms with van der Waals surface area (Å²) in [6.07, 6.45) is 3.71. The molecule has 5 nitrogen and oxygen atoms in total. The Bertz CT molecular complexity index is 815. The summed E-state index contributed by atoms with van der Waals surface area (Å²) >= 11 is 0. The van der Waals surface area contributed by atoms with Crippen LogP contribution in [-0.2, 0) is 0 Å². The average molecular weight is 365 g/mol. The molecule has 1 N–H and O–H groups in total. The van der Waals surface area contributed by atoms with Gasteiger partial charge < -0.3 is 10.2 Å². The Kier molecular flexibility index (Phi) is 5.89. The van der Waals surface area contributed by atoms with E-state index in [0.29, 0.717) is 23.1 Å². The number of nitrogens with zero attached hydrogens (tertiary/aromatic N) is 2. The Balaban J connectivity index is 1.70. The lowest BCUT2D eigenvalue weighted by Crippen LogP contribution is -2.39. The molecule has 5 heteroatoms. The molecule has 0 bridgehead atoms. The third kappa shape index (κ3) is 4.73. The number of amides is 2. The fourth-order valence-electron chi connectivity index (χ4n) is 3.39. The van der Waals surface area contributed by atoms with Crippen LogP contribution in [0.1, 0.15) is 65.9 Å². The molecule has 2 amide bonds. The van der Waals surface area contributed by atoms with E-state index in [-0.39, 0.29) is 17.5 Å². The fraction of sp³-hybridized carbons (Fsp3) is 0.409. The Labute approximate surface area is 160 Å². The number of carbonyl (C=O) groups is 2. The molecule has 1 saturated heterocycles. The highest BCUT2D eigenvalue weighted by molar-refractivity contribution is 6.04. The lowest BCUT2D eigenvalue weighted by atomic mass is 9.99. The van der Waals surface area contributed by atoms with E-state index in [1.54, 1.807) is 12.1 Å². The van der Waals surface area contributed by atoms with Gasteiger partial charge in [0.2, 0.25) is 0 Å². The number of hydrogen-bond donors (Lipinski definition) is 1. The second-order valence-electron chi connectivity index (χ2n) is 7.66. The molecule has 1 fully saturated rings. The third-order valence-corrected chi connectivity index (χ3v) is 5.02. The van der Waals surface area contributed by atoms with Gasteiger partial charge in [-0.1, -0.05) is 32.9 Å². The van der Waals surface area contributed by atoms with Crippen LogP contribution in [0.3, 0.4) is 0 Å². The molecule has 1 aromatic heterocycles. The van der Waals surface area contributed by atoms with Crippen LogP contribution in [-0.4, -0.2) is 34.8 Å². The van der Waals surface area contributed by atoms with Gasteiger partial charge >= 0.3 is 0 Å². The first-order valence-corrected chi connectivity index (χ1v) is 9.60. The summed E-state index contributed by atoms with van der Waals surface area (Å²) in [6, 6.07) is 11.0. The zero-order chi connectivity index (χ0) is 19.4. The van der Waals surface area contributed by atoms with Gasteiger partial charge in [-0.05, 0) is 54.5 Å². The summed E-state index contributed by atoms with van der Waals surface area (Å²) in [6.45, 7) is 7.96. The standard InChI is InChI=1S/C22H27N3O2/c1-15(2)17-6-8-19(9-7-17)24-21(26)20-13-18(10-11-23-20)22(27)25-12-4-5-16(3)14-25/h6-11,13,15-16H,4-5,12,14H2,1-3H3,(H,24,26). The fourth-order valence-corrected chi connectivity index (χ4v) is 3.39. The predicted octanol–water partition coefficient (Wildman–Crippen LogP) is 4.33. The van der Waals surface area contributed by atoms with E-state index in [1.807, 2.05) is 29.2 Å². The number of benzene rings is 1. The molecule has 1 unspecified atom stereocenters. The topological polar surface area (TPSA) is 62.3 Å². The van der Waals surface area contributed by atoms with E-state index in [4.69, 9.17) is 0 Å². The molecule has 0 saturated carbocycles. The lowest BCUT2D eigenvalue weighted by Gasteiger charge is -2.31. The van der Waals surface area contributed by atoms with E-state index in [0.717, 1.165) is 25.9 Å². The van der Waals surface area contributed by atoms with E-state index in [2.05, 4.69) is 31.1 Å². The minimum Gasteiger partial charge on any atom is -0.338 e. The van der Waals surface area contributed by atoms with Gasteiger partial charge in [-0.3, -0.25) is 14.6 Å². The van der Waals surface area contributed by atoms with Crippen LogP contribution >= 0.6 is 0 Å². The Morgan fingerprint density at radius 1 is 1.19 bits per heavy atom. The van der Waals surface area contributed by atoms with Crippen LogP contribution in [0.5, 0.6) is 0 Å². The number of likely N-dealkylation sites (tertiary alicyclic amines) is 1. The van der Waals surface area contributed by atoms with Crippen molar-refractivity contribution in [1.29, 1.82) is 0 Å². The van der Waals surface area contributed by atoms with Crippen molar-refractivity contribution >= 4 is 17.5 Å². The van der Waals surface area contributed by atoms with Crippen molar-refractivity contribution in [1.82, 2.24) is 9.88 Å². The molecule has 27 heavy (non-hydrogen) atoms. The SMILES string of the molecule is CC1CCCN(C(=O)c2ccnc(C(=O)Nc3ccc(C(C)C)cc3)c2)C1. The highest BCUT2D eigenvalue weighted by Crippen LogP contribution is 2.19. The van der Waals surface area contributed by atoms with E-state index in [1.165, 1.54) is 11.8 Å². The molecule has 142 valence electrons. The Morgan fingerprint density at radius 2 is 1.93 bits per heavy atom. The van der Waals surface area contributed by atoms with Gasteiger partial charge in [0.05, 0.1) is 0 Å². The number of pyridine rings is 1. The molecule has 1 aliphatic rings. The first kappa shape index (κ1) is 19.1. The van der Waals surface area contributed by atoms with Crippen molar-refractivity contribution < 1.29 is 9.59 Å². The molecule has 0 aliphatic carbocycles. The number of anilines is 1. The van der Waals surface area contributed by atoms with Gasteiger partial charge in [-0.2, -0.15) is 0 Å². The molecule has 3 rings (SSSR count). The normalized spacial score (nSPS) is 17.0. The summed E-state index contributed by atoms with van der Waals surface area (Å²) < 4.78 is 0. The number of piperidine rings is 1. The predicted molar refractivity (Wildman–Crippen MR) is 107 cm³/mol. The maximum absolute atomic E-state index is 12.7. The van der Waals surface area contributed by atoms with Gasteiger partial charge in [-0.25, -0.2) is 0 Å². The number of rotatable bonds is 4. The highest BCUT2D eigenvalue weighted by atomic mass is 16.2. The summed E-state index contributed by atoms with van der Waals surface area (Å²) in [4.78, 5) is 31.3. The molecule has 0 radical (unpaired) electrons. The zero-order valence-electron chi connectivity index (χ0n) is 16.2. The van der Waals surface area contributed by atoms with Crippen molar-refractivity contribution in [2.45, 2.75) is 39.5 Å². The van der Waals surface area contributed by atoms with Crippen LogP contribution in [0.4, 0.5) is 5.69 Å². The van der Waals surface area contributed by atoms with Crippen LogP contribution in [0, 0.1) is 5.92 Å². The average Bonchev–Trinajstić information content (AvgIpc) is 2.68. The van der Waals surface area contributed by atoms with Crippen LogP contribution in [0.15, 0.2) is 42.6 Å². The number of hydrogen-bond acceptors (Lipinski definition) is 3. The summed E-state index contributed by atoms with van der Waals surface area (Å²) in [7, 11) is 0. The monoisotopic (exact) mass is 365 g/mol. The molecular weight excluding hydrogens is 338 g/mol. The molecule has 0 spiro atoms. The Morgan fingerprint density at radius 3 is 2.59 bits per heavy atom. The van der Waals surface area contributed by atoms with Gasteiger partial charge in [0.25, 0.3) is 11.8 Å². The van der Waals surface area contributed by atoms with Crippen molar-refractivity contribution in [3.05, 3.63) is 59.4 Å². The first-order valence-electron chi connectivity index (χ1n) is 9.60. The molecule has 2 heterocycles. The largest absolute Gasteiger partial charge is 0.338 e. The highest BCUT2D eigenvalue weighted by Gasteiger charge is 2.23. The Hall–Kier alpha value is -2.69. The maximum Gasteiger partial charge on any atom is 0.274 e. The van der Waals surface area contributed by atoms with E-state index >= 15 is 0 Å². The summed E-state index contributed by atoms with van der Waals surface area (Å²) in [5, 5.41) is 2.85. The van der Waals surface area contributed by atoms with Crippen molar-refractivity contribution in [3.63, 3.8) is 0 Å². The zero-order valence-corrected chi connectivity index (χ0v) is 16.2. The van der Waals surface area contributed by atoms with Gasteiger partial charge in [0.15, 0.2) is 0 Å². The summed E-state index contributed by atoms with van der Waals surface area (Å²) in [5.41, 5.74) is 2.69. The summed E-state index contributed by atoms with van der Waals surface area (Å²) in [5.74, 6) is 0.617. The molecule has 1 aliphatic heterocycles. The van der Waals surface area contributed by atoms with Crippen molar-refractivity contribution in [2.75, 3.05) is 18.4 Å². The molecule has 1 aromatic carbocycles. The number of aromatic nitrogens is 1. The van der Waals surface area contributed by atoms with E-state index < -0.39 is 0 Å². The van der Waals surface area contributed by atoms with Gasteiger partial charge in [0.1, 0.15) is 5.69 Å². The lowest BCUT2D eigenvalue weighted by molar-refractivity contribution is 0.0683. The van der Waals surface area contributed by atoms with Crippen LogP contribution in [0.2, 0.25) is 0 Å². The van der Waals surface area contributed by atoms with Gasteiger partial charge in [-0.15, -0.1) is 0 Å². The van der Waals surface area contributed by atoms with Crippen LogP contribution < -0.4 is 5.32 Å². The second-order valence-corrected chi connectivity index (χ2v) is 7.66. The number of carbonyl (C=O) groups excluding carboxylic acids is 2. The maximum atomic E-state index is 12.7. The van der Waals surface area contributed by atoms with Gasteiger partial charge in [0, 0.05) is 30.5 Å². The third-order valence-electron chi connectivity index (χ3n) is 5.02. The quantitative estimate of drug-likeness (QED) is 0.877. The molecule has 1 atom stereocenters. The number of nitrogens with one attached hydrogen (secondary N) is 1. The molecular formula is C22H27N3O2. The van der Waals surface area contributed by atoms with E-state index in [9.17, 15) is 9.59 Å². The van der Waals surface area contributed by atoms with Crippen molar-refractivity contribution in [2.24, 2.45) is 5.92 Å². The second kappa shape index (κ2) is 8.33.